The van der Waals surface area contributed by atoms with Gasteiger partial charge in [0.1, 0.15) is 0 Å². The molecule has 8 nitrogen and oxygen atoms in total. The van der Waals surface area contributed by atoms with E-state index in [1.807, 2.05) is 20.8 Å². The molecule has 1 aliphatic carbocycles. The van der Waals surface area contributed by atoms with Gasteiger partial charge in [0.05, 0.1) is 31.8 Å². The lowest BCUT2D eigenvalue weighted by Gasteiger charge is -2.17. The monoisotopic (exact) mass is 415 g/mol. The van der Waals surface area contributed by atoms with E-state index in [4.69, 9.17) is 14.2 Å². The summed E-state index contributed by atoms with van der Waals surface area (Å²) in [5.74, 6) is 1.57. The molecule has 0 aliphatic heterocycles. The smallest absolute Gasteiger partial charge is 0.253 e. The second-order valence-corrected chi connectivity index (χ2v) is 6.98. The van der Waals surface area contributed by atoms with Crippen molar-refractivity contribution in [2.45, 2.75) is 46.1 Å². The van der Waals surface area contributed by atoms with Crippen molar-refractivity contribution in [3.05, 3.63) is 46.1 Å². The van der Waals surface area contributed by atoms with Gasteiger partial charge in [0.25, 0.3) is 11.5 Å². The second kappa shape index (κ2) is 10.1. The molecule has 1 aliphatic rings. The molecule has 0 atom stereocenters. The molecular formula is C22H29N3O5. The van der Waals surface area contributed by atoms with Crippen LogP contribution < -0.4 is 25.1 Å². The van der Waals surface area contributed by atoms with Crippen LogP contribution in [0.1, 0.15) is 55.6 Å². The van der Waals surface area contributed by atoms with Gasteiger partial charge < -0.3 is 19.5 Å². The van der Waals surface area contributed by atoms with E-state index < -0.39 is 0 Å². The van der Waals surface area contributed by atoms with Crippen molar-refractivity contribution < 1.29 is 19.0 Å². The first-order valence-corrected chi connectivity index (χ1v) is 10.5. The standard InChI is InChI=1S/C22H29N3O5/c1-4-28-18-11-16(12-19(29-5-2)21(18)30-6-3)22(27)23-9-10-25-14-24-17(13-20(25)26)15-7-8-15/h11-15H,4-10H2,1-3H3,(H,23,27). The maximum absolute atomic E-state index is 12.7. The Kier molecular flexibility index (Phi) is 7.32. The SMILES string of the molecule is CCOc1cc(C(=O)NCCn2cnc(C3CC3)cc2=O)cc(OCC)c1OCC. The van der Waals surface area contributed by atoms with Gasteiger partial charge in [0.2, 0.25) is 5.75 Å². The van der Waals surface area contributed by atoms with Crippen LogP contribution in [0, 0.1) is 0 Å². The summed E-state index contributed by atoms with van der Waals surface area (Å²) in [5.41, 5.74) is 1.17. The highest BCUT2D eigenvalue weighted by molar-refractivity contribution is 5.95. The Bertz CT molecular complexity index is 910. The average Bonchev–Trinajstić information content (AvgIpc) is 3.57. The number of benzene rings is 1. The summed E-state index contributed by atoms with van der Waals surface area (Å²) in [6.07, 6.45) is 3.75. The zero-order valence-corrected chi connectivity index (χ0v) is 17.8. The molecular weight excluding hydrogens is 386 g/mol. The molecule has 3 rings (SSSR count). The lowest BCUT2D eigenvalue weighted by Crippen LogP contribution is -2.31. The fourth-order valence-corrected chi connectivity index (χ4v) is 3.12. The van der Waals surface area contributed by atoms with E-state index >= 15 is 0 Å². The fraction of sp³-hybridized carbons (Fsp3) is 0.500. The molecule has 8 heteroatoms. The molecule has 1 heterocycles. The van der Waals surface area contributed by atoms with Crippen LogP contribution >= 0.6 is 0 Å². The molecule has 1 fully saturated rings. The Morgan fingerprint density at radius 3 is 2.23 bits per heavy atom. The van der Waals surface area contributed by atoms with Gasteiger partial charge in [-0.25, -0.2) is 4.98 Å². The number of carbonyl (C=O) groups is 1. The summed E-state index contributed by atoms with van der Waals surface area (Å²) in [7, 11) is 0. The van der Waals surface area contributed by atoms with Gasteiger partial charge in [-0.1, -0.05) is 0 Å². The summed E-state index contributed by atoms with van der Waals surface area (Å²) >= 11 is 0. The highest BCUT2D eigenvalue weighted by atomic mass is 16.5. The van der Waals surface area contributed by atoms with E-state index in [1.54, 1.807) is 24.5 Å². The van der Waals surface area contributed by atoms with E-state index in [9.17, 15) is 9.59 Å². The van der Waals surface area contributed by atoms with E-state index in [2.05, 4.69) is 10.3 Å². The third kappa shape index (κ3) is 5.31. The Morgan fingerprint density at radius 2 is 1.70 bits per heavy atom. The quantitative estimate of drug-likeness (QED) is 0.607. The Hall–Kier alpha value is -3.03. The molecule has 1 amide bonds. The molecule has 1 aromatic carbocycles. The number of hydrogen-bond donors (Lipinski definition) is 1. The number of rotatable bonds is 11. The number of nitrogens with zero attached hydrogens (tertiary/aromatic N) is 2. The van der Waals surface area contributed by atoms with Crippen molar-refractivity contribution in [2.24, 2.45) is 0 Å². The summed E-state index contributed by atoms with van der Waals surface area (Å²) in [6.45, 7) is 7.56. The van der Waals surface area contributed by atoms with E-state index in [1.165, 1.54) is 4.57 Å². The van der Waals surface area contributed by atoms with Gasteiger partial charge in [-0.3, -0.25) is 14.2 Å². The third-order valence-electron chi connectivity index (χ3n) is 4.71. The molecule has 0 saturated heterocycles. The molecule has 1 saturated carbocycles. The normalized spacial score (nSPS) is 13.0. The highest BCUT2D eigenvalue weighted by Crippen LogP contribution is 2.39. The molecule has 0 bridgehead atoms. The van der Waals surface area contributed by atoms with Crippen molar-refractivity contribution in [1.82, 2.24) is 14.9 Å². The van der Waals surface area contributed by atoms with E-state index in [0.717, 1.165) is 18.5 Å². The van der Waals surface area contributed by atoms with Crippen LogP contribution in [-0.2, 0) is 6.54 Å². The Morgan fingerprint density at radius 1 is 1.07 bits per heavy atom. The van der Waals surface area contributed by atoms with Crippen molar-refractivity contribution in [3.63, 3.8) is 0 Å². The van der Waals surface area contributed by atoms with Crippen LogP contribution in [0.25, 0.3) is 0 Å². The zero-order chi connectivity index (χ0) is 21.5. The largest absolute Gasteiger partial charge is 0.490 e. The minimum absolute atomic E-state index is 0.0977. The number of ether oxygens (including phenoxy) is 3. The minimum atomic E-state index is -0.282. The second-order valence-electron chi connectivity index (χ2n) is 6.98. The molecule has 1 N–H and O–H groups in total. The van der Waals surface area contributed by atoms with Crippen LogP contribution in [0.4, 0.5) is 0 Å². The lowest BCUT2D eigenvalue weighted by atomic mass is 10.1. The number of nitrogens with one attached hydrogen (secondary N) is 1. The molecule has 1 aromatic heterocycles. The van der Waals surface area contributed by atoms with Crippen molar-refractivity contribution >= 4 is 5.91 Å². The minimum Gasteiger partial charge on any atom is -0.490 e. The van der Waals surface area contributed by atoms with Gasteiger partial charge in [0.15, 0.2) is 11.5 Å². The predicted octanol–water partition coefficient (Wildman–Crippen LogP) is 2.75. The van der Waals surface area contributed by atoms with Gasteiger partial charge in [-0.2, -0.15) is 0 Å². The van der Waals surface area contributed by atoms with Gasteiger partial charge in [-0.15, -0.1) is 0 Å². The number of aromatic nitrogens is 2. The van der Waals surface area contributed by atoms with Crippen molar-refractivity contribution in [3.8, 4) is 17.2 Å². The lowest BCUT2D eigenvalue weighted by molar-refractivity contribution is 0.0951. The Balaban J connectivity index is 1.68. The number of hydrogen-bond acceptors (Lipinski definition) is 6. The molecule has 162 valence electrons. The number of carbonyl (C=O) groups excluding carboxylic acids is 1. The van der Waals surface area contributed by atoms with Gasteiger partial charge in [-0.05, 0) is 45.7 Å². The van der Waals surface area contributed by atoms with Crippen LogP contribution in [0.2, 0.25) is 0 Å². The first-order chi connectivity index (χ1) is 14.6. The first kappa shape index (κ1) is 21.7. The molecule has 30 heavy (non-hydrogen) atoms. The maximum Gasteiger partial charge on any atom is 0.253 e. The third-order valence-corrected chi connectivity index (χ3v) is 4.71. The van der Waals surface area contributed by atoms with Crippen LogP contribution in [0.15, 0.2) is 29.3 Å². The zero-order valence-electron chi connectivity index (χ0n) is 17.8. The summed E-state index contributed by atoms with van der Waals surface area (Å²) < 4.78 is 18.5. The average molecular weight is 415 g/mol. The molecule has 0 radical (unpaired) electrons. The fourth-order valence-electron chi connectivity index (χ4n) is 3.12. The number of amides is 1. The van der Waals surface area contributed by atoms with Gasteiger partial charge >= 0.3 is 0 Å². The molecule has 0 spiro atoms. The van der Waals surface area contributed by atoms with Crippen molar-refractivity contribution in [1.29, 1.82) is 0 Å². The highest BCUT2D eigenvalue weighted by Gasteiger charge is 2.25. The summed E-state index contributed by atoms with van der Waals surface area (Å²) in [5, 5.41) is 2.84. The maximum atomic E-state index is 12.7. The van der Waals surface area contributed by atoms with Crippen LogP contribution in [-0.4, -0.2) is 41.8 Å². The van der Waals surface area contributed by atoms with Gasteiger partial charge in [0, 0.05) is 30.6 Å². The summed E-state index contributed by atoms with van der Waals surface area (Å²) in [6, 6.07) is 4.88. The molecule has 0 unspecified atom stereocenters. The Labute approximate surface area is 176 Å². The predicted molar refractivity (Wildman–Crippen MR) is 113 cm³/mol. The van der Waals surface area contributed by atoms with Crippen molar-refractivity contribution in [2.75, 3.05) is 26.4 Å². The molecule has 2 aromatic rings. The first-order valence-electron chi connectivity index (χ1n) is 10.5. The topological polar surface area (TPSA) is 91.7 Å². The van der Waals surface area contributed by atoms with E-state index in [0.29, 0.717) is 61.6 Å². The van der Waals surface area contributed by atoms with E-state index in [-0.39, 0.29) is 11.5 Å². The van der Waals surface area contributed by atoms with Crippen LogP contribution in [0.5, 0.6) is 17.2 Å². The van der Waals surface area contributed by atoms with Crippen LogP contribution in [0.3, 0.4) is 0 Å². The summed E-state index contributed by atoms with van der Waals surface area (Å²) in [4.78, 5) is 29.3.